The van der Waals surface area contributed by atoms with Gasteiger partial charge in [-0.05, 0) is 33.3 Å². The Balaban J connectivity index is 1.74. The van der Waals surface area contributed by atoms with E-state index in [1.807, 2.05) is 6.92 Å². The van der Waals surface area contributed by atoms with Gasteiger partial charge < -0.3 is 33.6 Å². The number of aliphatic hydroxyl groups excluding tert-OH is 1. The molecule has 11 nitrogen and oxygen atoms in total. The minimum absolute atomic E-state index is 0.0549. The van der Waals surface area contributed by atoms with E-state index in [-0.39, 0.29) is 25.0 Å². The molecule has 2 aliphatic carbocycles. The lowest BCUT2D eigenvalue weighted by molar-refractivity contribution is -0.264. The topological polar surface area (TPSA) is 162 Å². The molecule has 1 aromatic heterocycles. The predicted molar refractivity (Wildman–Crippen MR) is 135 cm³/mol. The second kappa shape index (κ2) is 8.87. The quantitative estimate of drug-likeness (QED) is 0.297. The smallest absolute Gasteiger partial charge is 0.339 e. The van der Waals surface area contributed by atoms with Crippen LogP contribution in [0.15, 0.2) is 23.0 Å². The molecule has 40 heavy (non-hydrogen) atoms. The Labute approximate surface area is 232 Å². The summed E-state index contributed by atoms with van der Waals surface area (Å²) in [6.07, 6.45) is -1.85. The van der Waals surface area contributed by atoms with E-state index in [0.717, 1.165) is 0 Å². The minimum atomic E-state index is -1.49. The van der Waals surface area contributed by atoms with Crippen LogP contribution in [0.2, 0.25) is 0 Å². The third kappa shape index (κ3) is 3.53. The first-order valence-corrected chi connectivity index (χ1v) is 13.6. The molecule has 2 N–H and O–H groups in total. The maximum atomic E-state index is 14.4. The Bertz CT molecular complexity index is 1230. The molecule has 4 fully saturated rings. The summed E-state index contributed by atoms with van der Waals surface area (Å²) in [6.45, 7) is 9.57. The molecule has 10 unspecified atom stereocenters. The lowest BCUT2D eigenvalue weighted by Crippen LogP contribution is -2.76. The fourth-order valence-electron chi connectivity index (χ4n) is 9.09. The maximum Gasteiger partial charge on any atom is 0.339 e. The zero-order valence-corrected chi connectivity index (χ0v) is 23.9. The molecule has 5 rings (SSSR count). The van der Waals surface area contributed by atoms with Crippen LogP contribution in [0.5, 0.6) is 0 Å². The fraction of sp³-hybridized carbons (Fsp3) is 0.724. The lowest BCUT2D eigenvalue weighted by Gasteiger charge is -2.67. The lowest BCUT2D eigenvalue weighted by atomic mass is 9.36. The van der Waals surface area contributed by atoms with E-state index in [1.165, 1.54) is 26.6 Å². The van der Waals surface area contributed by atoms with E-state index in [4.69, 9.17) is 23.4 Å². The SMILES string of the molecule is COC(=O)CC(OC(C)=O)C1(C)C(C(C)(C)O)CC(=O)C2(C)C1C(O)CC1(C)C(c3ccoc3)OC(=O)C3OC312. The normalized spacial score (nSPS) is 43.0. The van der Waals surface area contributed by atoms with E-state index in [1.54, 1.807) is 33.8 Å². The molecule has 2 saturated heterocycles. The molecule has 0 amide bonds. The summed E-state index contributed by atoms with van der Waals surface area (Å²) in [7, 11) is 1.21. The van der Waals surface area contributed by atoms with Gasteiger partial charge in [-0.25, -0.2) is 4.79 Å². The molecule has 0 aromatic carbocycles. The molecule has 11 heteroatoms. The number of ketones is 1. The third-order valence-electron chi connectivity index (χ3n) is 10.6. The first-order chi connectivity index (χ1) is 18.5. The molecule has 4 aliphatic rings. The van der Waals surface area contributed by atoms with Gasteiger partial charge in [0.05, 0.1) is 43.2 Å². The van der Waals surface area contributed by atoms with Crippen molar-refractivity contribution < 1.29 is 52.8 Å². The van der Waals surface area contributed by atoms with Crippen LogP contribution in [0.3, 0.4) is 0 Å². The number of cyclic esters (lactones) is 1. The van der Waals surface area contributed by atoms with Crippen LogP contribution in [-0.2, 0) is 38.1 Å². The van der Waals surface area contributed by atoms with E-state index in [0.29, 0.717) is 5.56 Å². The standard InChI is InChI=1S/C29H38O11/c1-14(30)38-19(11-20(33)36-7)27(5)17(25(2,3)35)10-18(32)28(6)21(27)16(31)12-26(4)22(15-8-9-37-13-15)39-24(34)23-29(26,28)40-23/h8-9,13,16-17,19,21-23,31,35H,10-12H2,1-7H3. The number of carbonyl (C=O) groups is 4. The number of hydrogen-bond acceptors (Lipinski definition) is 11. The van der Waals surface area contributed by atoms with E-state index in [2.05, 4.69) is 0 Å². The summed E-state index contributed by atoms with van der Waals surface area (Å²) in [6, 6.07) is 1.67. The summed E-state index contributed by atoms with van der Waals surface area (Å²) < 4.78 is 28.1. The number of furan rings is 1. The second-order valence-electron chi connectivity index (χ2n) is 13.1. The Hall–Kier alpha value is -2.76. The molecule has 0 radical (unpaired) electrons. The number of ether oxygens (including phenoxy) is 4. The van der Waals surface area contributed by atoms with Gasteiger partial charge in [0.15, 0.2) is 6.10 Å². The number of aliphatic hydroxyl groups is 2. The Kier molecular flexibility index (Phi) is 6.38. The number of fused-ring (bicyclic) bond motifs is 1. The zero-order chi connectivity index (χ0) is 29.6. The summed E-state index contributed by atoms with van der Waals surface area (Å²) >= 11 is 0. The average molecular weight is 563 g/mol. The molecule has 10 atom stereocenters. The third-order valence-corrected chi connectivity index (χ3v) is 10.6. The Morgan fingerprint density at radius 2 is 1.88 bits per heavy atom. The van der Waals surface area contributed by atoms with Crippen molar-refractivity contribution >= 4 is 23.7 Å². The molecule has 1 spiro atoms. The van der Waals surface area contributed by atoms with E-state index in [9.17, 15) is 29.4 Å². The van der Waals surface area contributed by atoms with Crippen molar-refractivity contribution in [3.05, 3.63) is 24.2 Å². The molecule has 3 heterocycles. The number of epoxide rings is 1. The number of Topliss-reactive ketones (excluding diaryl/α,β-unsaturated/α-hetero) is 1. The predicted octanol–water partition coefficient (Wildman–Crippen LogP) is 2.27. The number of esters is 3. The van der Waals surface area contributed by atoms with Gasteiger partial charge in [-0.3, -0.25) is 14.4 Å². The van der Waals surface area contributed by atoms with E-state index >= 15 is 0 Å². The Morgan fingerprint density at radius 3 is 2.42 bits per heavy atom. The minimum Gasteiger partial charge on any atom is -0.472 e. The fourth-order valence-corrected chi connectivity index (χ4v) is 9.09. The Morgan fingerprint density at radius 1 is 1.20 bits per heavy atom. The summed E-state index contributed by atoms with van der Waals surface area (Å²) in [5, 5.41) is 23.5. The number of rotatable bonds is 6. The van der Waals surface area contributed by atoms with Crippen molar-refractivity contribution in [2.45, 2.75) is 96.4 Å². The molecular weight excluding hydrogens is 524 g/mol. The zero-order valence-electron chi connectivity index (χ0n) is 23.9. The van der Waals surface area contributed by atoms with Crippen molar-refractivity contribution in [1.29, 1.82) is 0 Å². The second-order valence-corrected chi connectivity index (χ2v) is 13.1. The summed E-state index contributed by atoms with van der Waals surface area (Å²) in [5.41, 5.74) is -6.14. The van der Waals surface area contributed by atoms with Gasteiger partial charge in [0.1, 0.15) is 23.6 Å². The monoisotopic (exact) mass is 562 g/mol. The van der Waals surface area contributed by atoms with Gasteiger partial charge in [0.25, 0.3) is 0 Å². The molecule has 0 bridgehead atoms. The highest BCUT2D eigenvalue weighted by atomic mass is 16.7. The molecule has 2 saturated carbocycles. The highest BCUT2D eigenvalue weighted by Crippen LogP contribution is 2.78. The average Bonchev–Trinajstić information content (AvgIpc) is 3.42. The first kappa shape index (κ1) is 28.8. The van der Waals surface area contributed by atoms with Crippen LogP contribution in [0.4, 0.5) is 0 Å². The largest absolute Gasteiger partial charge is 0.472 e. The van der Waals surface area contributed by atoms with Crippen molar-refractivity contribution in [3.63, 3.8) is 0 Å². The highest BCUT2D eigenvalue weighted by molar-refractivity contribution is 5.93. The molecule has 2 aliphatic heterocycles. The van der Waals surface area contributed by atoms with Gasteiger partial charge in [0, 0.05) is 41.6 Å². The van der Waals surface area contributed by atoms with Crippen LogP contribution in [0, 0.1) is 28.1 Å². The van der Waals surface area contributed by atoms with Gasteiger partial charge in [-0.2, -0.15) is 0 Å². The highest BCUT2D eigenvalue weighted by Gasteiger charge is 2.90. The van der Waals surface area contributed by atoms with Crippen molar-refractivity contribution in [2.24, 2.45) is 28.1 Å². The van der Waals surface area contributed by atoms with Crippen LogP contribution in [0.1, 0.15) is 72.5 Å². The maximum absolute atomic E-state index is 14.4. The van der Waals surface area contributed by atoms with Crippen molar-refractivity contribution in [1.82, 2.24) is 0 Å². The first-order valence-electron chi connectivity index (χ1n) is 13.6. The molecular formula is C29H38O11. The number of hydrogen-bond donors (Lipinski definition) is 2. The van der Waals surface area contributed by atoms with Crippen LogP contribution in [-0.4, -0.2) is 70.5 Å². The van der Waals surface area contributed by atoms with Crippen molar-refractivity contribution in [2.75, 3.05) is 7.11 Å². The number of carbonyl (C=O) groups excluding carboxylic acids is 4. The van der Waals surface area contributed by atoms with Crippen molar-refractivity contribution in [3.8, 4) is 0 Å². The molecule has 220 valence electrons. The molecule has 1 aromatic rings. The summed E-state index contributed by atoms with van der Waals surface area (Å²) in [4.78, 5) is 52.6. The van der Waals surface area contributed by atoms with Gasteiger partial charge in [-0.15, -0.1) is 0 Å². The van der Waals surface area contributed by atoms with Crippen LogP contribution in [0.25, 0.3) is 0 Å². The van der Waals surface area contributed by atoms with Gasteiger partial charge in [-0.1, -0.05) is 13.8 Å². The van der Waals surface area contributed by atoms with E-state index < -0.39 is 81.6 Å². The van der Waals surface area contributed by atoms with Crippen LogP contribution < -0.4 is 0 Å². The van der Waals surface area contributed by atoms with Crippen LogP contribution >= 0.6 is 0 Å². The number of methoxy groups -OCH3 is 1. The van der Waals surface area contributed by atoms with Gasteiger partial charge in [0.2, 0.25) is 0 Å². The van der Waals surface area contributed by atoms with Gasteiger partial charge >= 0.3 is 17.9 Å². The summed E-state index contributed by atoms with van der Waals surface area (Å²) in [5.74, 6) is -4.07.